The van der Waals surface area contributed by atoms with Gasteiger partial charge < -0.3 is 14.6 Å². The van der Waals surface area contributed by atoms with Crippen molar-refractivity contribution in [3.05, 3.63) is 0 Å². The average molecular weight is 272 g/mol. The molecule has 1 fully saturated rings. The van der Waals surface area contributed by atoms with Gasteiger partial charge in [-0.15, -0.1) is 0 Å². The molecule has 112 valence electrons. The Morgan fingerprint density at radius 2 is 2.05 bits per heavy atom. The Labute approximate surface area is 116 Å². The second kappa shape index (κ2) is 6.23. The third-order valence-corrected chi connectivity index (χ3v) is 4.20. The average Bonchev–Trinajstić information content (AvgIpc) is 2.28. The molecule has 0 amide bonds. The second-order valence-electron chi connectivity index (χ2n) is 6.16. The van der Waals surface area contributed by atoms with Gasteiger partial charge in [-0.25, -0.2) is 0 Å². The van der Waals surface area contributed by atoms with Crippen LogP contribution in [0.1, 0.15) is 53.9 Å². The quantitative estimate of drug-likeness (QED) is 0.781. The summed E-state index contributed by atoms with van der Waals surface area (Å²) in [5.41, 5.74) is -1.38. The van der Waals surface area contributed by atoms with E-state index < -0.39 is 11.5 Å². The highest BCUT2D eigenvalue weighted by atomic mass is 16.5. The molecule has 1 heterocycles. The van der Waals surface area contributed by atoms with Crippen LogP contribution in [0, 0.1) is 11.8 Å². The highest BCUT2D eigenvalue weighted by molar-refractivity contribution is 5.74. The van der Waals surface area contributed by atoms with E-state index in [0.717, 1.165) is 6.42 Å². The highest BCUT2D eigenvalue weighted by Gasteiger charge is 2.50. The zero-order chi connectivity index (χ0) is 14.7. The second-order valence-corrected chi connectivity index (χ2v) is 6.16. The molecule has 0 saturated carbocycles. The van der Waals surface area contributed by atoms with Gasteiger partial charge in [0, 0.05) is 12.8 Å². The van der Waals surface area contributed by atoms with Crippen LogP contribution < -0.4 is 0 Å². The molecule has 0 spiro atoms. The number of hydrogen-bond donors (Lipinski definition) is 1. The maximum atomic E-state index is 12.2. The highest BCUT2D eigenvalue weighted by Crippen LogP contribution is 2.41. The summed E-state index contributed by atoms with van der Waals surface area (Å²) in [6.07, 6.45) is 1.80. The van der Waals surface area contributed by atoms with Gasteiger partial charge >= 0.3 is 5.97 Å². The summed E-state index contributed by atoms with van der Waals surface area (Å²) in [4.78, 5) is 12.2. The van der Waals surface area contributed by atoms with Crippen LogP contribution in [0.2, 0.25) is 0 Å². The molecule has 3 unspecified atom stereocenters. The summed E-state index contributed by atoms with van der Waals surface area (Å²) in [5.74, 6) is -0.731. The fraction of sp³-hybridized carbons (Fsp3) is 0.933. The van der Waals surface area contributed by atoms with Crippen molar-refractivity contribution >= 4 is 5.97 Å². The molecule has 4 nitrogen and oxygen atoms in total. The summed E-state index contributed by atoms with van der Waals surface area (Å²) < 4.78 is 10.9. The predicted octanol–water partition coefficient (Wildman–Crippen LogP) is 2.53. The van der Waals surface area contributed by atoms with Gasteiger partial charge in [-0.2, -0.15) is 0 Å². The van der Waals surface area contributed by atoms with Gasteiger partial charge in [-0.3, -0.25) is 4.79 Å². The van der Waals surface area contributed by atoms with Crippen molar-refractivity contribution < 1.29 is 19.4 Å². The Bertz CT molecular complexity index is 315. The minimum Gasteiger partial charge on any atom is -0.466 e. The SMILES string of the molecule is CCOC(=O)C(C(C)C)C1(O)CCOC(C)(CC)C1. The zero-order valence-electron chi connectivity index (χ0n) is 12.9. The molecule has 1 rings (SSSR count). The maximum absolute atomic E-state index is 12.2. The van der Waals surface area contributed by atoms with Crippen molar-refractivity contribution in [2.24, 2.45) is 11.8 Å². The first-order chi connectivity index (χ1) is 8.78. The summed E-state index contributed by atoms with van der Waals surface area (Å²) in [6.45, 7) is 10.6. The van der Waals surface area contributed by atoms with Crippen molar-refractivity contribution in [2.45, 2.75) is 65.1 Å². The lowest BCUT2D eigenvalue weighted by molar-refractivity contribution is -0.194. The molecule has 19 heavy (non-hydrogen) atoms. The van der Waals surface area contributed by atoms with Crippen LogP contribution in [0.15, 0.2) is 0 Å². The van der Waals surface area contributed by atoms with Crippen LogP contribution in [-0.4, -0.2) is 35.5 Å². The van der Waals surface area contributed by atoms with Gasteiger partial charge in [0.2, 0.25) is 0 Å². The Balaban J connectivity index is 2.96. The van der Waals surface area contributed by atoms with Crippen LogP contribution in [-0.2, 0) is 14.3 Å². The number of ether oxygens (including phenoxy) is 2. The predicted molar refractivity (Wildman–Crippen MR) is 73.8 cm³/mol. The molecular formula is C15H28O4. The van der Waals surface area contributed by atoms with Gasteiger partial charge in [0.05, 0.1) is 30.3 Å². The van der Waals surface area contributed by atoms with Crippen LogP contribution in [0.3, 0.4) is 0 Å². The third-order valence-electron chi connectivity index (χ3n) is 4.20. The van der Waals surface area contributed by atoms with Crippen molar-refractivity contribution in [1.29, 1.82) is 0 Å². The lowest BCUT2D eigenvalue weighted by Crippen LogP contribution is -2.55. The molecule has 3 atom stereocenters. The summed E-state index contributed by atoms with van der Waals surface area (Å²) in [5, 5.41) is 11.0. The van der Waals surface area contributed by atoms with E-state index in [9.17, 15) is 9.90 Å². The molecule has 0 radical (unpaired) electrons. The van der Waals surface area contributed by atoms with E-state index in [1.807, 2.05) is 27.7 Å². The fourth-order valence-electron chi connectivity index (χ4n) is 3.10. The fourth-order valence-corrected chi connectivity index (χ4v) is 3.10. The molecule has 1 N–H and O–H groups in total. The maximum Gasteiger partial charge on any atom is 0.312 e. The molecule has 1 aliphatic rings. The minimum absolute atomic E-state index is 0.0447. The van der Waals surface area contributed by atoms with Crippen LogP contribution in [0.25, 0.3) is 0 Å². The Morgan fingerprint density at radius 3 is 2.53 bits per heavy atom. The smallest absolute Gasteiger partial charge is 0.312 e. The van der Waals surface area contributed by atoms with Crippen LogP contribution >= 0.6 is 0 Å². The van der Waals surface area contributed by atoms with E-state index in [4.69, 9.17) is 9.47 Å². The molecule has 0 aromatic heterocycles. The molecule has 0 aromatic rings. The minimum atomic E-state index is -1.02. The Morgan fingerprint density at radius 1 is 1.42 bits per heavy atom. The first-order valence-corrected chi connectivity index (χ1v) is 7.31. The number of rotatable bonds is 5. The Kier molecular flexibility index (Phi) is 5.39. The molecule has 1 saturated heterocycles. The molecule has 0 bridgehead atoms. The van der Waals surface area contributed by atoms with E-state index in [2.05, 4.69) is 0 Å². The van der Waals surface area contributed by atoms with Gasteiger partial charge in [0.25, 0.3) is 0 Å². The van der Waals surface area contributed by atoms with Crippen LogP contribution in [0.4, 0.5) is 0 Å². The first kappa shape index (κ1) is 16.4. The number of aliphatic hydroxyl groups is 1. The first-order valence-electron chi connectivity index (χ1n) is 7.31. The zero-order valence-corrected chi connectivity index (χ0v) is 12.9. The van der Waals surface area contributed by atoms with Gasteiger partial charge in [-0.1, -0.05) is 20.8 Å². The van der Waals surface area contributed by atoms with E-state index >= 15 is 0 Å². The molecule has 0 aliphatic carbocycles. The van der Waals surface area contributed by atoms with Gasteiger partial charge in [0.15, 0.2) is 0 Å². The number of carbonyl (C=O) groups is 1. The van der Waals surface area contributed by atoms with Crippen LogP contribution in [0.5, 0.6) is 0 Å². The van der Waals surface area contributed by atoms with E-state index in [1.165, 1.54) is 0 Å². The van der Waals surface area contributed by atoms with E-state index in [1.54, 1.807) is 6.92 Å². The largest absolute Gasteiger partial charge is 0.466 e. The number of carbonyl (C=O) groups excluding carboxylic acids is 1. The summed E-state index contributed by atoms with van der Waals surface area (Å²) in [6, 6.07) is 0. The monoisotopic (exact) mass is 272 g/mol. The lowest BCUT2D eigenvalue weighted by atomic mass is 9.70. The lowest BCUT2D eigenvalue weighted by Gasteiger charge is -2.47. The third kappa shape index (κ3) is 3.69. The van der Waals surface area contributed by atoms with E-state index in [-0.39, 0.29) is 17.5 Å². The molecule has 4 heteroatoms. The van der Waals surface area contributed by atoms with E-state index in [0.29, 0.717) is 26.1 Å². The topological polar surface area (TPSA) is 55.8 Å². The van der Waals surface area contributed by atoms with Crippen molar-refractivity contribution in [3.8, 4) is 0 Å². The van der Waals surface area contributed by atoms with Crippen molar-refractivity contribution in [3.63, 3.8) is 0 Å². The summed E-state index contributed by atoms with van der Waals surface area (Å²) in [7, 11) is 0. The molecular weight excluding hydrogens is 244 g/mol. The number of hydrogen-bond acceptors (Lipinski definition) is 4. The molecule has 0 aromatic carbocycles. The standard InChI is InChI=1S/C15H28O4/c1-6-14(5)10-15(17,8-9-19-14)12(11(3)4)13(16)18-7-2/h11-12,17H,6-10H2,1-5H3. The van der Waals surface area contributed by atoms with Crippen molar-refractivity contribution in [2.75, 3.05) is 13.2 Å². The molecule has 1 aliphatic heterocycles. The van der Waals surface area contributed by atoms with Gasteiger partial charge in [-0.05, 0) is 26.2 Å². The van der Waals surface area contributed by atoms with Gasteiger partial charge in [0.1, 0.15) is 0 Å². The number of esters is 1. The van der Waals surface area contributed by atoms with Crippen molar-refractivity contribution in [1.82, 2.24) is 0 Å². The Hall–Kier alpha value is -0.610. The summed E-state index contributed by atoms with van der Waals surface area (Å²) >= 11 is 0. The normalized spacial score (nSPS) is 33.2.